The number of hydrogen-bond acceptors (Lipinski definition) is 5. The van der Waals surface area contributed by atoms with Crippen LogP contribution in [-0.4, -0.2) is 40.1 Å². The molecule has 1 fully saturated rings. The smallest absolute Gasteiger partial charge is 0.331 e. The lowest BCUT2D eigenvalue weighted by Gasteiger charge is -2.19. The fourth-order valence-corrected chi connectivity index (χ4v) is 3.51. The highest BCUT2D eigenvalue weighted by Gasteiger charge is 2.15. The minimum absolute atomic E-state index is 0.0991. The monoisotopic (exact) mass is 413 g/mol. The van der Waals surface area contributed by atoms with E-state index in [2.05, 4.69) is 15.5 Å². The second-order valence-electron chi connectivity index (χ2n) is 7.59. The van der Waals surface area contributed by atoms with E-state index in [0.717, 1.165) is 33.6 Å². The summed E-state index contributed by atoms with van der Waals surface area (Å²) in [6.07, 6.45) is 3.75. The van der Waals surface area contributed by atoms with Crippen LogP contribution in [0.15, 0.2) is 46.1 Å². The number of carbonyl (C=O) groups excluding carboxylic acids is 2. The van der Waals surface area contributed by atoms with Crippen molar-refractivity contribution in [3.63, 3.8) is 0 Å². The van der Waals surface area contributed by atoms with Crippen molar-refractivity contribution in [3.05, 3.63) is 57.4 Å². The molecular weight excluding hydrogens is 386 g/mol. The first kappa shape index (κ1) is 21.4. The van der Waals surface area contributed by atoms with Gasteiger partial charge in [0, 0.05) is 56.2 Å². The highest BCUT2D eigenvalue weighted by Crippen LogP contribution is 2.23. The molecule has 9 nitrogen and oxygen atoms in total. The van der Waals surface area contributed by atoms with Crippen molar-refractivity contribution in [3.8, 4) is 0 Å². The quantitative estimate of drug-likeness (QED) is 0.695. The Morgan fingerprint density at radius 1 is 1.10 bits per heavy atom. The molecule has 2 amide bonds. The number of benzene rings is 1. The van der Waals surface area contributed by atoms with E-state index in [0.29, 0.717) is 0 Å². The van der Waals surface area contributed by atoms with Crippen LogP contribution in [0, 0.1) is 0 Å². The summed E-state index contributed by atoms with van der Waals surface area (Å²) in [6, 6.07) is 8.56. The number of rotatable bonds is 7. The van der Waals surface area contributed by atoms with Gasteiger partial charge in [0.15, 0.2) is 0 Å². The number of hydrogen-bond donors (Lipinski definition) is 2. The molecule has 0 spiro atoms. The van der Waals surface area contributed by atoms with Gasteiger partial charge in [-0.3, -0.25) is 23.5 Å². The molecule has 0 saturated carbocycles. The molecule has 3 rings (SSSR count). The highest BCUT2D eigenvalue weighted by atomic mass is 16.2. The van der Waals surface area contributed by atoms with Gasteiger partial charge in [-0.05, 0) is 38.0 Å². The Hall–Kier alpha value is -3.36. The molecule has 0 bridgehead atoms. The zero-order valence-electron chi connectivity index (χ0n) is 17.3. The van der Waals surface area contributed by atoms with Crippen LogP contribution in [-0.2, 0) is 23.2 Å². The van der Waals surface area contributed by atoms with Crippen molar-refractivity contribution >= 4 is 23.2 Å². The molecule has 0 radical (unpaired) electrons. The molecule has 1 aliphatic heterocycles. The molecule has 9 heteroatoms. The average molecular weight is 413 g/mol. The van der Waals surface area contributed by atoms with Gasteiger partial charge in [-0.2, -0.15) is 0 Å². The van der Waals surface area contributed by atoms with Crippen molar-refractivity contribution in [1.82, 2.24) is 14.5 Å². The van der Waals surface area contributed by atoms with Crippen molar-refractivity contribution in [1.29, 1.82) is 0 Å². The molecule has 2 aromatic rings. The Bertz CT molecular complexity index is 1040. The van der Waals surface area contributed by atoms with E-state index in [9.17, 15) is 19.2 Å². The summed E-state index contributed by atoms with van der Waals surface area (Å²) >= 11 is 0. The van der Waals surface area contributed by atoms with Gasteiger partial charge in [0.25, 0.3) is 5.56 Å². The normalized spacial score (nSPS) is 14.4. The van der Waals surface area contributed by atoms with E-state index in [4.69, 9.17) is 0 Å². The van der Waals surface area contributed by atoms with Gasteiger partial charge >= 0.3 is 5.69 Å². The van der Waals surface area contributed by atoms with E-state index in [1.807, 2.05) is 24.3 Å². The van der Waals surface area contributed by atoms with Crippen LogP contribution in [0.1, 0.15) is 26.2 Å². The summed E-state index contributed by atoms with van der Waals surface area (Å²) < 4.78 is 2.08. The van der Waals surface area contributed by atoms with Gasteiger partial charge in [0.2, 0.25) is 11.8 Å². The lowest BCUT2D eigenvalue weighted by atomic mass is 10.2. The Labute approximate surface area is 174 Å². The third-order valence-electron chi connectivity index (χ3n) is 5.07. The first-order valence-corrected chi connectivity index (χ1v) is 10.0. The lowest BCUT2D eigenvalue weighted by molar-refractivity contribution is -0.122. The van der Waals surface area contributed by atoms with Crippen molar-refractivity contribution in [2.24, 2.45) is 7.05 Å². The minimum atomic E-state index is -0.569. The summed E-state index contributed by atoms with van der Waals surface area (Å²) in [5.74, 6) is -0.618. The predicted molar refractivity (Wildman–Crippen MR) is 115 cm³/mol. The Morgan fingerprint density at radius 2 is 1.83 bits per heavy atom. The molecule has 1 aliphatic rings. The second-order valence-corrected chi connectivity index (χ2v) is 7.59. The van der Waals surface area contributed by atoms with Crippen LogP contribution in [0.2, 0.25) is 0 Å². The first-order valence-electron chi connectivity index (χ1n) is 10.0. The predicted octanol–water partition coefficient (Wildman–Crippen LogP) is 0.681. The van der Waals surface area contributed by atoms with Crippen LogP contribution < -0.4 is 26.8 Å². The number of amides is 2. The summed E-state index contributed by atoms with van der Waals surface area (Å²) in [5, 5.41) is 5.58. The average Bonchev–Trinajstić information content (AvgIpc) is 3.23. The molecule has 2 N–H and O–H groups in total. The van der Waals surface area contributed by atoms with E-state index in [1.165, 1.54) is 32.2 Å². The van der Waals surface area contributed by atoms with Crippen LogP contribution in [0.25, 0.3) is 0 Å². The van der Waals surface area contributed by atoms with Gasteiger partial charge in [-0.15, -0.1) is 0 Å². The van der Waals surface area contributed by atoms with Gasteiger partial charge in [-0.25, -0.2) is 4.79 Å². The molecule has 1 unspecified atom stereocenters. The SMILES string of the molecule is CC(CC(=O)Nc1cccc(N2CCCC2)c1)NC(=O)Cn1ccc(=O)n(C)c1=O. The molecule has 1 aromatic carbocycles. The minimum Gasteiger partial charge on any atom is -0.371 e. The van der Waals surface area contributed by atoms with Crippen molar-refractivity contribution in [2.45, 2.75) is 38.8 Å². The largest absolute Gasteiger partial charge is 0.371 e. The molecule has 1 aromatic heterocycles. The molecule has 1 saturated heterocycles. The Balaban J connectivity index is 1.51. The highest BCUT2D eigenvalue weighted by molar-refractivity contribution is 5.92. The number of aromatic nitrogens is 2. The topological polar surface area (TPSA) is 105 Å². The van der Waals surface area contributed by atoms with Gasteiger partial charge < -0.3 is 15.5 Å². The standard InChI is InChI=1S/C21H27N5O4/c1-15(22-19(28)14-26-11-8-20(29)24(2)21(26)30)12-18(27)23-16-6-5-7-17(13-16)25-9-3-4-10-25/h5-8,11,13,15H,3-4,9-10,12,14H2,1-2H3,(H,22,28)(H,23,27). The summed E-state index contributed by atoms with van der Waals surface area (Å²) in [5.41, 5.74) is 0.811. The van der Waals surface area contributed by atoms with E-state index in [-0.39, 0.29) is 18.9 Å². The summed E-state index contributed by atoms with van der Waals surface area (Å²) in [4.78, 5) is 50.3. The zero-order valence-corrected chi connectivity index (χ0v) is 17.3. The number of nitrogens with one attached hydrogen (secondary N) is 2. The van der Waals surface area contributed by atoms with Gasteiger partial charge in [0.1, 0.15) is 6.54 Å². The maximum Gasteiger partial charge on any atom is 0.331 e. The molecule has 30 heavy (non-hydrogen) atoms. The van der Waals surface area contributed by atoms with E-state index < -0.39 is 23.2 Å². The number of carbonyl (C=O) groups is 2. The molecular formula is C21H27N5O4. The van der Waals surface area contributed by atoms with Gasteiger partial charge in [0.05, 0.1) is 0 Å². The van der Waals surface area contributed by atoms with Gasteiger partial charge in [-0.1, -0.05) is 6.07 Å². The lowest BCUT2D eigenvalue weighted by Crippen LogP contribution is -2.42. The van der Waals surface area contributed by atoms with Crippen LogP contribution >= 0.6 is 0 Å². The molecule has 160 valence electrons. The number of nitrogens with zero attached hydrogens (tertiary/aromatic N) is 3. The molecule has 0 aliphatic carbocycles. The van der Waals surface area contributed by atoms with Crippen LogP contribution in [0.5, 0.6) is 0 Å². The number of anilines is 2. The second kappa shape index (κ2) is 9.43. The molecule has 1 atom stereocenters. The third-order valence-corrected chi connectivity index (χ3v) is 5.07. The Kier molecular flexibility index (Phi) is 6.71. The summed E-state index contributed by atoms with van der Waals surface area (Å²) in [6.45, 7) is 3.55. The fraction of sp³-hybridized carbons (Fsp3) is 0.429. The van der Waals surface area contributed by atoms with Crippen molar-refractivity contribution < 1.29 is 9.59 Å². The maximum absolute atomic E-state index is 12.4. The zero-order chi connectivity index (χ0) is 21.7. The fourth-order valence-electron chi connectivity index (χ4n) is 3.51. The van der Waals surface area contributed by atoms with Crippen molar-refractivity contribution in [2.75, 3.05) is 23.3 Å². The van der Waals surface area contributed by atoms with Crippen LogP contribution in [0.3, 0.4) is 0 Å². The maximum atomic E-state index is 12.4. The third kappa shape index (κ3) is 5.37. The van der Waals surface area contributed by atoms with E-state index >= 15 is 0 Å². The Morgan fingerprint density at radius 3 is 2.57 bits per heavy atom. The molecule has 2 heterocycles. The van der Waals surface area contributed by atoms with Crippen LogP contribution in [0.4, 0.5) is 11.4 Å². The summed E-state index contributed by atoms with van der Waals surface area (Å²) in [7, 11) is 1.35. The van der Waals surface area contributed by atoms with E-state index in [1.54, 1.807) is 6.92 Å². The first-order chi connectivity index (χ1) is 14.3.